The molecular formula is C25H25BrFN5O3. The van der Waals surface area contributed by atoms with Crippen molar-refractivity contribution in [3.63, 3.8) is 0 Å². The molecule has 0 aliphatic rings. The van der Waals surface area contributed by atoms with Crippen LogP contribution in [0.4, 0.5) is 20.6 Å². The van der Waals surface area contributed by atoms with Crippen molar-refractivity contribution in [2.24, 2.45) is 10.7 Å². The number of nitrogens with one attached hydrogen (secondary N) is 2. The summed E-state index contributed by atoms with van der Waals surface area (Å²) in [7, 11) is 0. The van der Waals surface area contributed by atoms with Gasteiger partial charge in [0.1, 0.15) is 22.9 Å². The van der Waals surface area contributed by atoms with E-state index >= 15 is 0 Å². The van der Waals surface area contributed by atoms with E-state index in [1.807, 2.05) is 12.1 Å². The van der Waals surface area contributed by atoms with Gasteiger partial charge in [-0.1, -0.05) is 12.1 Å². The lowest BCUT2D eigenvalue weighted by molar-refractivity contribution is 0.0523. The number of hydrogen-bond acceptors (Lipinski definition) is 5. The summed E-state index contributed by atoms with van der Waals surface area (Å²) in [4.78, 5) is 32.7. The molecule has 10 heteroatoms. The van der Waals surface area contributed by atoms with Gasteiger partial charge in [-0.05, 0) is 84.7 Å². The van der Waals surface area contributed by atoms with E-state index in [9.17, 15) is 14.0 Å². The first kappa shape index (κ1) is 25.8. The molecule has 1 heterocycles. The standard InChI is InChI=1S/C25H25BrFN5O3/c1-25(2,3)35-24(34)30-13-15-4-7-17(8-5-15)31-22(28)21-11-6-16(14-29-21)23(33)32-18-9-10-19(26)20(27)12-18/h4-12,14H,13H2,1-3H3,(H2,28,31)(H,30,34)(H,32,33). The molecule has 0 fully saturated rings. The number of benzene rings is 2. The van der Waals surface area contributed by atoms with Crippen LogP contribution in [0.2, 0.25) is 0 Å². The van der Waals surface area contributed by atoms with E-state index in [4.69, 9.17) is 10.5 Å². The van der Waals surface area contributed by atoms with Gasteiger partial charge < -0.3 is 21.1 Å². The molecule has 0 saturated heterocycles. The predicted molar refractivity (Wildman–Crippen MR) is 136 cm³/mol. The zero-order chi connectivity index (χ0) is 25.6. The second kappa shape index (κ2) is 11.1. The quantitative estimate of drug-likeness (QED) is 0.289. The lowest BCUT2D eigenvalue weighted by Crippen LogP contribution is -2.32. The van der Waals surface area contributed by atoms with Crippen LogP contribution in [0.25, 0.3) is 0 Å². The number of halogens is 2. The number of carbonyl (C=O) groups is 2. The SMILES string of the molecule is CC(C)(C)OC(=O)NCc1ccc(N=C(N)c2ccc(C(=O)Nc3ccc(Br)c(F)c3)cn2)cc1. The lowest BCUT2D eigenvalue weighted by atomic mass is 10.2. The first-order valence-electron chi connectivity index (χ1n) is 10.6. The van der Waals surface area contributed by atoms with Crippen LogP contribution in [0.5, 0.6) is 0 Å². The van der Waals surface area contributed by atoms with Gasteiger partial charge in [-0.25, -0.2) is 14.2 Å². The summed E-state index contributed by atoms with van der Waals surface area (Å²) in [6.07, 6.45) is 0.879. The number of carbonyl (C=O) groups excluding carboxylic acids is 2. The molecule has 8 nitrogen and oxygen atoms in total. The Balaban J connectivity index is 1.59. The molecule has 2 amide bonds. The van der Waals surface area contributed by atoms with Crippen molar-refractivity contribution in [2.45, 2.75) is 32.9 Å². The number of pyridine rings is 1. The number of aliphatic imine (C=N–C) groups is 1. The van der Waals surface area contributed by atoms with Crippen molar-refractivity contribution < 1.29 is 18.7 Å². The number of aromatic nitrogens is 1. The maximum Gasteiger partial charge on any atom is 0.407 e. The fourth-order valence-corrected chi connectivity index (χ4v) is 3.08. The normalized spacial score (nSPS) is 11.6. The minimum absolute atomic E-state index is 0.173. The molecule has 4 N–H and O–H groups in total. The lowest BCUT2D eigenvalue weighted by Gasteiger charge is -2.19. The number of hydrogen-bond donors (Lipinski definition) is 3. The van der Waals surface area contributed by atoms with Gasteiger partial charge in [0.05, 0.1) is 15.7 Å². The van der Waals surface area contributed by atoms with E-state index < -0.39 is 23.4 Å². The van der Waals surface area contributed by atoms with Crippen molar-refractivity contribution >= 4 is 45.1 Å². The number of rotatable bonds is 6. The third-order valence-electron chi connectivity index (χ3n) is 4.49. The van der Waals surface area contributed by atoms with Crippen molar-refractivity contribution in [1.29, 1.82) is 0 Å². The topological polar surface area (TPSA) is 119 Å². The van der Waals surface area contributed by atoms with E-state index in [0.717, 1.165) is 5.56 Å². The molecule has 3 rings (SSSR count). The minimum atomic E-state index is -0.560. The van der Waals surface area contributed by atoms with E-state index in [-0.39, 0.29) is 11.4 Å². The predicted octanol–water partition coefficient (Wildman–Crippen LogP) is 5.30. The molecule has 0 spiro atoms. The summed E-state index contributed by atoms with van der Waals surface area (Å²) in [5.41, 5.74) is 7.98. The highest BCUT2D eigenvalue weighted by Gasteiger charge is 2.15. The van der Waals surface area contributed by atoms with E-state index in [0.29, 0.717) is 28.1 Å². The smallest absolute Gasteiger partial charge is 0.407 e. The highest BCUT2D eigenvalue weighted by molar-refractivity contribution is 9.10. The van der Waals surface area contributed by atoms with Crippen molar-refractivity contribution in [3.8, 4) is 0 Å². The summed E-state index contributed by atoms with van der Waals surface area (Å²) < 4.78 is 19.2. The third-order valence-corrected chi connectivity index (χ3v) is 5.13. The van der Waals surface area contributed by atoms with Crippen LogP contribution < -0.4 is 16.4 Å². The van der Waals surface area contributed by atoms with Crippen LogP contribution in [0.3, 0.4) is 0 Å². The molecule has 182 valence electrons. The number of nitrogens with zero attached hydrogens (tertiary/aromatic N) is 2. The molecule has 0 aliphatic heterocycles. The molecule has 0 saturated carbocycles. The van der Waals surface area contributed by atoms with E-state index in [2.05, 4.69) is 36.5 Å². The zero-order valence-electron chi connectivity index (χ0n) is 19.4. The Bertz CT molecular complexity index is 1240. The fourth-order valence-electron chi connectivity index (χ4n) is 2.83. The summed E-state index contributed by atoms with van der Waals surface area (Å²) in [5.74, 6) is -0.740. The van der Waals surface area contributed by atoms with Gasteiger partial charge in [0, 0.05) is 18.4 Å². The molecule has 3 aromatic rings. The molecule has 2 aromatic carbocycles. The average molecular weight is 542 g/mol. The Labute approximate surface area is 210 Å². The van der Waals surface area contributed by atoms with Gasteiger partial charge in [-0.3, -0.25) is 9.78 Å². The Hall–Kier alpha value is -3.79. The van der Waals surface area contributed by atoms with Gasteiger partial charge >= 0.3 is 6.09 Å². The Morgan fingerprint density at radius 2 is 1.83 bits per heavy atom. The van der Waals surface area contributed by atoms with Gasteiger partial charge in [-0.2, -0.15) is 0 Å². The monoisotopic (exact) mass is 541 g/mol. The first-order chi connectivity index (χ1) is 16.5. The number of nitrogens with two attached hydrogens (primary N) is 1. The fraction of sp³-hybridized carbons (Fsp3) is 0.200. The zero-order valence-corrected chi connectivity index (χ0v) is 21.0. The minimum Gasteiger partial charge on any atom is -0.444 e. The number of ether oxygens (including phenoxy) is 1. The van der Waals surface area contributed by atoms with Crippen LogP contribution >= 0.6 is 15.9 Å². The number of alkyl carbamates (subject to hydrolysis) is 1. The average Bonchev–Trinajstić information content (AvgIpc) is 2.80. The molecule has 1 aromatic heterocycles. The van der Waals surface area contributed by atoms with Gasteiger partial charge in [0.25, 0.3) is 5.91 Å². The van der Waals surface area contributed by atoms with Crippen LogP contribution in [0.1, 0.15) is 42.4 Å². The second-order valence-electron chi connectivity index (χ2n) is 8.53. The molecular weight excluding hydrogens is 517 g/mol. The number of amidine groups is 1. The summed E-state index contributed by atoms with van der Waals surface area (Å²) >= 11 is 3.07. The van der Waals surface area contributed by atoms with Gasteiger partial charge in [0.15, 0.2) is 0 Å². The third kappa shape index (κ3) is 7.89. The Morgan fingerprint density at radius 1 is 1.11 bits per heavy atom. The molecule has 0 radical (unpaired) electrons. The van der Waals surface area contributed by atoms with Gasteiger partial charge in [0.2, 0.25) is 0 Å². The van der Waals surface area contributed by atoms with Crippen LogP contribution in [0.15, 0.2) is 70.3 Å². The Morgan fingerprint density at radius 3 is 2.43 bits per heavy atom. The van der Waals surface area contributed by atoms with Crippen LogP contribution in [-0.2, 0) is 11.3 Å². The molecule has 35 heavy (non-hydrogen) atoms. The molecule has 0 aliphatic carbocycles. The van der Waals surface area contributed by atoms with E-state index in [1.54, 1.807) is 51.1 Å². The summed E-state index contributed by atoms with van der Waals surface area (Å²) in [6, 6.07) is 14.6. The number of amides is 2. The maximum atomic E-state index is 13.6. The summed E-state index contributed by atoms with van der Waals surface area (Å²) in [5, 5.41) is 5.30. The maximum absolute atomic E-state index is 13.6. The van der Waals surface area contributed by atoms with Crippen LogP contribution in [0, 0.1) is 5.82 Å². The van der Waals surface area contributed by atoms with E-state index in [1.165, 1.54) is 18.3 Å². The van der Waals surface area contributed by atoms with Crippen molar-refractivity contribution in [3.05, 3.63) is 87.9 Å². The van der Waals surface area contributed by atoms with Crippen molar-refractivity contribution in [1.82, 2.24) is 10.3 Å². The largest absolute Gasteiger partial charge is 0.444 e. The van der Waals surface area contributed by atoms with Gasteiger partial charge in [-0.15, -0.1) is 0 Å². The first-order valence-corrected chi connectivity index (χ1v) is 11.4. The van der Waals surface area contributed by atoms with Crippen molar-refractivity contribution in [2.75, 3.05) is 5.32 Å². The highest BCUT2D eigenvalue weighted by Crippen LogP contribution is 2.20. The molecule has 0 unspecified atom stereocenters. The Kier molecular flexibility index (Phi) is 8.18. The highest BCUT2D eigenvalue weighted by atomic mass is 79.9. The molecule has 0 bridgehead atoms. The molecule has 0 atom stereocenters. The van der Waals surface area contributed by atoms with Crippen LogP contribution in [-0.4, -0.2) is 28.4 Å². The second-order valence-corrected chi connectivity index (χ2v) is 9.39. The summed E-state index contributed by atoms with van der Waals surface area (Å²) in [6.45, 7) is 5.71. The number of anilines is 1.